The lowest BCUT2D eigenvalue weighted by Crippen LogP contribution is -2.51. The van der Waals surface area contributed by atoms with Crippen LogP contribution in [0.3, 0.4) is 0 Å². The first-order valence-corrected chi connectivity index (χ1v) is 8.81. The fraction of sp³-hybridized carbons (Fsp3) is 0.444. The van der Waals surface area contributed by atoms with Crippen molar-refractivity contribution in [3.63, 3.8) is 0 Å². The van der Waals surface area contributed by atoms with Crippen LogP contribution in [0.5, 0.6) is 11.5 Å². The Labute approximate surface area is 157 Å². The number of anilines is 1. The standard InChI is InChI=1S/C18H22N6O3/c1-25-12-3-4-13(14(11-12)26-2)21-18-22-16-15(19-5-6-20-16)17(23-18)24-7-9-27-10-8-24/h3-6,11,15-16H,7-10H2,1-2H3,(H,21,22)/t15-,16-/m1/s1. The average molecular weight is 370 g/mol. The van der Waals surface area contributed by atoms with Gasteiger partial charge in [-0.2, -0.15) is 4.99 Å². The molecule has 27 heavy (non-hydrogen) atoms. The van der Waals surface area contributed by atoms with Crippen LogP contribution in [0.1, 0.15) is 0 Å². The predicted octanol–water partition coefficient (Wildman–Crippen LogP) is 1.07. The number of rotatable bonds is 3. The third-order valence-electron chi connectivity index (χ3n) is 4.56. The summed E-state index contributed by atoms with van der Waals surface area (Å²) < 4.78 is 16.2. The molecule has 0 bridgehead atoms. The van der Waals surface area contributed by atoms with Gasteiger partial charge in [0.05, 0.1) is 33.1 Å². The van der Waals surface area contributed by atoms with Crippen LogP contribution in [0.4, 0.5) is 5.69 Å². The van der Waals surface area contributed by atoms with E-state index < -0.39 is 0 Å². The number of guanidine groups is 1. The number of benzene rings is 1. The van der Waals surface area contributed by atoms with Gasteiger partial charge in [-0.15, -0.1) is 0 Å². The highest BCUT2D eigenvalue weighted by Gasteiger charge is 2.34. The van der Waals surface area contributed by atoms with E-state index in [0.29, 0.717) is 30.7 Å². The van der Waals surface area contributed by atoms with E-state index in [2.05, 4.69) is 25.2 Å². The Bertz CT molecular complexity index is 813. The molecule has 1 saturated heterocycles. The van der Waals surface area contributed by atoms with Crippen molar-refractivity contribution in [3.8, 4) is 11.5 Å². The summed E-state index contributed by atoms with van der Waals surface area (Å²) in [6.07, 6.45) is 3.06. The zero-order valence-corrected chi connectivity index (χ0v) is 15.3. The highest BCUT2D eigenvalue weighted by atomic mass is 16.5. The first-order chi connectivity index (χ1) is 13.3. The Morgan fingerprint density at radius 3 is 2.70 bits per heavy atom. The zero-order valence-electron chi connectivity index (χ0n) is 15.3. The molecule has 1 N–H and O–H groups in total. The number of amidine groups is 1. The molecule has 1 aromatic carbocycles. The molecule has 0 unspecified atom stereocenters. The van der Waals surface area contributed by atoms with E-state index in [9.17, 15) is 0 Å². The topological polar surface area (TPSA) is 92.4 Å². The highest BCUT2D eigenvalue weighted by Crippen LogP contribution is 2.30. The molecule has 2 atom stereocenters. The molecule has 0 spiro atoms. The van der Waals surface area contributed by atoms with E-state index in [0.717, 1.165) is 24.6 Å². The smallest absolute Gasteiger partial charge is 0.226 e. The lowest BCUT2D eigenvalue weighted by molar-refractivity contribution is 0.0665. The predicted molar refractivity (Wildman–Crippen MR) is 105 cm³/mol. The number of ether oxygens (including phenoxy) is 3. The minimum atomic E-state index is -0.322. The van der Waals surface area contributed by atoms with Crippen LogP contribution < -0.4 is 14.8 Å². The number of nitrogens with one attached hydrogen (secondary N) is 1. The number of aliphatic imine (C=N–C) groups is 4. The van der Waals surface area contributed by atoms with Gasteiger partial charge in [0.1, 0.15) is 23.4 Å². The van der Waals surface area contributed by atoms with Crippen molar-refractivity contribution in [3.05, 3.63) is 18.2 Å². The summed E-state index contributed by atoms with van der Waals surface area (Å²) in [6, 6.07) is 5.34. The molecule has 1 aromatic rings. The molecule has 0 aliphatic carbocycles. The molecule has 1 fully saturated rings. The van der Waals surface area contributed by atoms with E-state index in [4.69, 9.17) is 19.2 Å². The molecule has 9 nitrogen and oxygen atoms in total. The number of hydrogen-bond donors (Lipinski definition) is 1. The number of fused-ring (bicyclic) bond motifs is 1. The summed E-state index contributed by atoms with van der Waals surface area (Å²) in [7, 11) is 3.23. The molecule has 3 aliphatic rings. The van der Waals surface area contributed by atoms with Gasteiger partial charge >= 0.3 is 0 Å². The minimum Gasteiger partial charge on any atom is -0.497 e. The van der Waals surface area contributed by atoms with Crippen LogP contribution in [0.2, 0.25) is 0 Å². The van der Waals surface area contributed by atoms with E-state index in [1.54, 1.807) is 26.6 Å². The Kier molecular flexibility index (Phi) is 5.01. The third kappa shape index (κ3) is 3.63. The molecule has 0 saturated carbocycles. The van der Waals surface area contributed by atoms with E-state index in [-0.39, 0.29) is 12.2 Å². The monoisotopic (exact) mass is 370 g/mol. The van der Waals surface area contributed by atoms with Gasteiger partial charge in [0.15, 0.2) is 6.17 Å². The van der Waals surface area contributed by atoms with Gasteiger partial charge in [-0.05, 0) is 12.1 Å². The molecule has 142 valence electrons. The Morgan fingerprint density at radius 2 is 1.93 bits per heavy atom. The van der Waals surface area contributed by atoms with Gasteiger partial charge in [-0.1, -0.05) is 0 Å². The Balaban J connectivity index is 1.63. The summed E-state index contributed by atoms with van der Waals surface area (Å²) >= 11 is 0. The van der Waals surface area contributed by atoms with Crippen LogP contribution >= 0.6 is 0 Å². The maximum absolute atomic E-state index is 5.46. The van der Waals surface area contributed by atoms with Crippen molar-refractivity contribution in [2.24, 2.45) is 20.0 Å². The van der Waals surface area contributed by atoms with Crippen LogP contribution in [0.15, 0.2) is 38.2 Å². The minimum absolute atomic E-state index is 0.198. The highest BCUT2D eigenvalue weighted by molar-refractivity contribution is 6.18. The maximum Gasteiger partial charge on any atom is 0.226 e. The lowest BCUT2D eigenvalue weighted by atomic mass is 10.1. The second-order valence-corrected chi connectivity index (χ2v) is 6.17. The van der Waals surface area contributed by atoms with Crippen molar-refractivity contribution in [2.75, 3.05) is 45.8 Å². The van der Waals surface area contributed by atoms with Gasteiger partial charge in [-0.3, -0.25) is 9.98 Å². The van der Waals surface area contributed by atoms with Gasteiger partial charge in [0, 0.05) is 31.6 Å². The molecule has 0 aromatic heterocycles. The molecule has 0 amide bonds. The van der Waals surface area contributed by atoms with Gasteiger partial charge in [0.2, 0.25) is 5.96 Å². The van der Waals surface area contributed by atoms with E-state index >= 15 is 0 Å². The summed E-state index contributed by atoms with van der Waals surface area (Å²) in [6.45, 7) is 2.91. The largest absolute Gasteiger partial charge is 0.497 e. The van der Waals surface area contributed by atoms with Gasteiger partial charge < -0.3 is 24.4 Å². The summed E-state index contributed by atoms with van der Waals surface area (Å²) in [5.41, 5.74) is 0.754. The first-order valence-electron chi connectivity index (χ1n) is 8.81. The van der Waals surface area contributed by atoms with Crippen molar-refractivity contribution >= 4 is 29.9 Å². The summed E-state index contributed by atoms with van der Waals surface area (Å²) in [5.74, 6) is 2.70. The molecule has 4 rings (SSSR count). The summed E-state index contributed by atoms with van der Waals surface area (Å²) in [5, 5.41) is 3.25. The SMILES string of the molecule is COc1ccc(NC2=N[C@H]3N=CC=N[C@H]3C(N3CCOCC3)=N2)c(OC)c1. The molecule has 3 heterocycles. The average Bonchev–Trinajstić information content (AvgIpc) is 2.74. The molecule has 9 heteroatoms. The number of hydrogen-bond acceptors (Lipinski definition) is 9. The van der Waals surface area contributed by atoms with E-state index in [1.807, 2.05) is 18.2 Å². The lowest BCUT2D eigenvalue weighted by Gasteiger charge is -2.35. The van der Waals surface area contributed by atoms with Crippen molar-refractivity contribution in [1.82, 2.24) is 4.90 Å². The third-order valence-corrected chi connectivity index (χ3v) is 4.56. The second-order valence-electron chi connectivity index (χ2n) is 6.17. The molecule has 3 aliphatic heterocycles. The maximum atomic E-state index is 5.46. The fourth-order valence-electron chi connectivity index (χ4n) is 3.18. The van der Waals surface area contributed by atoms with E-state index in [1.165, 1.54) is 0 Å². The zero-order chi connectivity index (χ0) is 18.6. The van der Waals surface area contributed by atoms with Crippen molar-refractivity contribution in [1.29, 1.82) is 0 Å². The Morgan fingerprint density at radius 1 is 1.11 bits per heavy atom. The molecular weight excluding hydrogens is 348 g/mol. The molecular formula is C18H22N6O3. The summed E-state index contributed by atoms with van der Waals surface area (Å²) in [4.78, 5) is 20.6. The van der Waals surface area contributed by atoms with Crippen LogP contribution in [-0.4, -0.2) is 81.9 Å². The second kappa shape index (κ2) is 7.75. The van der Waals surface area contributed by atoms with Gasteiger partial charge in [-0.25, -0.2) is 4.99 Å². The molecule has 0 radical (unpaired) electrons. The number of nitrogens with zero attached hydrogens (tertiary/aromatic N) is 5. The van der Waals surface area contributed by atoms with Crippen LogP contribution in [0, 0.1) is 0 Å². The number of morpholine rings is 1. The first kappa shape index (κ1) is 17.5. The normalized spacial score (nSPS) is 24.0. The number of methoxy groups -OCH3 is 2. The quantitative estimate of drug-likeness (QED) is 0.859. The van der Waals surface area contributed by atoms with Gasteiger partial charge in [0.25, 0.3) is 0 Å². The van der Waals surface area contributed by atoms with Crippen LogP contribution in [-0.2, 0) is 4.74 Å². The fourth-order valence-corrected chi connectivity index (χ4v) is 3.18. The van der Waals surface area contributed by atoms with Crippen LogP contribution in [0.25, 0.3) is 0 Å². The van der Waals surface area contributed by atoms with Crippen molar-refractivity contribution in [2.45, 2.75) is 12.2 Å². The Hall–Kier alpha value is -2.94. The van der Waals surface area contributed by atoms with Crippen molar-refractivity contribution < 1.29 is 14.2 Å².